The number of aryl methyl sites for hydroxylation is 2. The maximum absolute atomic E-state index is 5.40. The monoisotopic (exact) mass is 265 g/mol. The van der Waals surface area contributed by atoms with Crippen molar-refractivity contribution in [1.82, 2.24) is 15.0 Å². The van der Waals surface area contributed by atoms with Gasteiger partial charge in [-0.2, -0.15) is 0 Å². The third kappa shape index (κ3) is 2.09. The summed E-state index contributed by atoms with van der Waals surface area (Å²) in [6.45, 7) is 3.90. The lowest BCUT2D eigenvalue weighted by Gasteiger charge is -2.09. The van der Waals surface area contributed by atoms with E-state index >= 15 is 0 Å². The highest BCUT2D eigenvalue weighted by Gasteiger charge is 2.12. The van der Waals surface area contributed by atoms with Crippen molar-refractivity contribution in [2.45, 2.75) is 13.8 Å². The summed E-state index contributed by atoms with van der Waals surface area (Å²) >= 11 is 0. The molecule has 3 rings (SSSR count). The number of ether oxygens (including phenoxy) is 1. The Morgan fingerprint density at radius 2 is 1.80 bits per heavy atom. The van der Waals surface area contributed by atoms with E-state index in [1.807, 2.05) is 44.2 Å². The van der Waals surface area contributed by atoms with Crippen LogP contribution < -0.4 is 4.74 Å². The van der Waals surface area contributed by atoms with Crippen molar-refractivity contribution in [3.63, 3.8) is 0 Å². The van der Waals surface area contributed by atoms with Crippen molar-refractivity contribution < 1.29 is 4.74 Å². The largest absolute Gasteiger partial charge is 0.480 e. The van der Waals surface area contributed by atoms with E-state index in [4.69, 9.17) is 4.74 Å². The first-order valence-electron chi connectivity index (χ1n) is 6.43. The van der Waals surface area contributed by atoms with E-state index in [0.29, 0.717) is 5.88 Å². The van der Waals surface area contributed by atoms with Gasteiger partial charge in [0.25, 0.3) is 0 Å². The summed E-state index contributed by atoms with van der Waals surface area (Å²) in [4.78, 5) is 13.5. The Morgan fingerprint density at radius 3 is 2.55 bits per heavy atom. The molecule has 0 fully saturated rings. The van der Waals surface area contributed by atoms with Crippen LogP contribution in [0.1, 0.15) is 11.4 Å². The fourth-order valence-corrected chi connectivity index (χ4v) is 2.11. The zero-order valence-electron chi connectivity index (χ0n) is 11.7. The van der Waals surface area contributed by atoms with Crippen LogP contribution >= 0.6 is 0 Å². The average Bonchev–Trinajstić information content (AvgIpc) is 2.48. The molecular formula is C16H15N3O. The second kappa shape index (κ2) is 4.89. The van der Waals surface area contributed by atoms with E-state index < -0.39 is 0 Å². The highest BCUT2D eigenvalue weighted by Crippen LogP contribution is 2.30. The van der Waals surface area contributed by atoms with E-state index in [9.17, 15) is 0 Å². The van der Waals surface area contributed by atoms with Crippen LogP contribution in [-0.4, -0.2) is 22.1 Å². The Labute approximate surface area is 117 Å². The molecular weight excluding hydrogens is 250 g/mol. The minimum atomic E-state index is 0.571. The number of fused-ring (bicyclic) bond motifs is 1. The fraction of sp³-hybridized carbons (Fsp3) is 0.188. The number of hydrogen-bond acceptors (Lipinski definition) is 4. The van der Waals surface area contributed by atoms with Gasteiger partial charge in [0.05, 0.1) is 41.5 Å². The molecule has 4 heteroatoms. The molecule has 0 saturated heterocycles. The van der Waals surface area contributed by atoms with Crippen LogP contribution in [0, 0.1) is 13.8 Å². The van der Waals surface area contributed by atoms with Crippen molar-refractivity contribution in [3.05, 3.63) is 47.9 Å². The molecule has 0 saturated carbocycles. The first-order chi connectivity index (χ1) is 9.69. The lowest BCUT2D eigenvalue weighted by Crippen LogP contribution is -1.98. The van der Waals surface area contributed by atoms with Crippen molar-refractivity contribution in [3.8, 4) is 17.1 Å². The fourth-order valence-electron chi connectivity index (χ4n) is 2.11. The average molecular weight is 265 g/mol. The summed E-state index contributed by atoms with van der Waals surface area (Å²) < 4.78 is 5.40. The minimum absolute atomic E-state index is 0.571. The van der Waals surface area contributed by atoms with Gasteiger partial charge in [-0.1, -0.05) is 18.2 Å². The van der Waals surface area contributed by atoms with Crippen LogP contribution in [0.2, 0.25) is 0 Å². The van der Waals surface area contributed by atoms with Crippen LogP contribution in [0.25, 0.3) is 22.2 Å². The number of hydrogen-bond donors (Lipinski definition) is 0. The predicted molar refractivity (Wildman–Crippen MR) is 78.8 cm³/mol. The van der Waals surface area contributed by atoms with Crippen LogP contribution in [0.5, 0.6) is 5.88 Å². The standard InChI is InChI=1S/C16H15N3O/c1-10-11(2)18-15(9-17-10)13-8-12-6-4-5-7-14(12)19-16(13)20-3/h4-9H,1-3H3. The van der Waals surface area contributed by atoms with Crippen molar-refractivity contribution in [2.24, 2.45) is 0 Å². The number of pyridine rings is 1. The quantitative estimate of drug-likeness (QED) is 0.713. The first-order valence-corrected chi connectivity index (χ1v) is 6.43. The maximum atomic E-state index is 5.40. The highest BCUT2D eigenvalue weighted by molar-refractivity contribution is 5.85. The van der Waals surface area contributed by atoms with Gasteiger partial charge in [0.1, 0.15) is 0 Å². The Morgan fingerprint density at radius 1 is 1.00 bits per heavy atom. The first kappa shape index (κ1) is 12.5. The molecule has 2 heterocycles. The molecule has 0 atom stereocenters. The van der Waals surface area contributed by atoms with Crippen molar-refractivity contribution in [2.75, 3.05) is 7.11 Å². The van der Waals surface area contributed by atoms with Gasteiger partial charge in [0.2, 0.25) is 5.88 Å². The zero-order valence-corrected chi connectivity index (χ0v) is 11.7. The lowest BCUT2D eigenvalue weighted by molar-refractivity contribution is 0.401. The molecule has 0 radical (unpaired) electrons. The maximum Gasteiger partial charge on any atom is 0.223 e. The molecule has 1 aromatic carbocycles. The molecule has 4 nitrogen and oxygen atoms in total. The molecule has 3 aromatic rings. The third-order valence-electron chi connectivity index (χ3n) is 3.35. The van der Waals surface area contributed by atoms with E-state index in [1.165, 1.54) is 0 Å². The predicted octanol–water partition coefficient (Wildman–Crippen LogP) is 3.32. The second-order valence-corrected chi connectivity index (χ2v) is 4.66. The van der Waals surface area contributed by atoms with E-state index in [2.05, 4.69) is 15.0 Å². The second-order valence-electron chi connectivity index (χ2n) is 4.66. The topological polar surface area (TPSA) is 47.9 Å². The van der Waals surface area contributed by atoms with Gasteiger partial charge in [-0.05, 0) is 26.0 Å². The van der Waals surface area contributed by atoms with Crippen molar-refractivity contribution in [1.29, 1.82) is 0 Å². The molecule has 0 aliphatic heterocycles. The molecule has 0 amide bonds. The summed E-state index contributed by atoms with van der Waals surface area (Å²) in [5.41, 5.74) is 4.40. The van der Waals surface area contributed by atoms with Gasteiger partial charge < -0.3 is 4.74 Å². The molecule has 0 unspecified atom stereocenters. The molecule has 20 heavy (non-hydrogen) atoms. The van der Waals surface area contributed by atoms with Gasteiger partial charge in [0.15, 0.2) is 0 Å². The summed E-state index contributed by atoms with van der Waals surface area (Å²) in [6.07, 6.45) is 1.76. The molecule has 0 bridgehead atoms. The van der Waals surface area contributed by atoms with Crippen LogP contribution in [0.15, 0.2) is 36.5 Å². The summed E-state index contributed by atoms with van der Waals surface area (Å²) in [7, 11) is 1.62. The molecule has 0 N–H and O–H groups in total. The Bertz CT molecular complexity index is 784. The van der Waals surface area contributed by atoms with Crippen LogP contribution in [-0.2, 0) is 0 Å². The van der Waals surface area contributed by atoms with E-state index in [-0.39, 0.29) is 0 Å². The molecule has 0 spiro atoms. The summed E-state index contributed by atoms with van der Waals surface area (Å²) in [5.74, 6) is 0.571. The Kier molecular flexibility index (Phi) is 3.06. The van der Waals surface area contributed by atoms with Gasteiger partial charge in [-0.3, -0.25) is 4.98 Å². The number of methoxy groups -OCH3 is 1. The Hall–Kier alpha value is -2.49. The molecule has 0 aliphatic carbocycles. The summed E-state index contributed by atoms with van der Waals surface area (Å²) in [5, 5.41) is 1.06. The number of benzene rings is 1. The number of aromatic nitrogens is 3. The molecule has 2 aromatic heterocycles. The summed E-state index contributed by atoms with van der Waals surface area (Å²) in [6, 6.07) is 9.99. The van der Waals surface area contributed by atoms with E-state index in [1.54, 1.807) is 13.3 Å². The van der Waals surface area contributed by atoms with Gasteiger partial charge in [-0.15, -0.1) is 0 Å². The minimum Gasteiger partial charge on any atom is -0.480 e. The van der Waals surface area contributed by atoms with Crippen molar-refractivity contribution >= 4 is 10.9 Å². The third-order valence-corrected chi connectivity index (χ3v) is 3.35. The number of nitrogens with zero attached hydrogens (tertiary/aromatic N) is 3. The van der Waals surface area contributed by atoms with Gasteiger partial charge in [0, 0.05) is 5.39 Å². The SMILES string of the molecule is COc1nc2ccccc2cc1-c1cnc(C)c(C)n1. The molecule has 100 valence electrons. The number of rotatable bonds is 2. The van der Waals surface area contributed by atoms with Crippen LogP contribution in [0.4, 0.5) is 0 Å². The smallest absolute Gasteiger partial charge is 0.223 e. The van der Waals surface area contributed by atoms with Crippen LogP contribution in [0.3, 0.4) is 0 Å². The highest BCUT2D eigenvalue weighted by atomic mass is 16.5. The Balaban J connectivity index is 2.25. The molecule has 0 aliphatic rings. The lowest BCUT2D eigenvalue weighted by atomic mass is 10.1. The number of para-hydroxylation sites is 1. The van der Waals surface area contributed by atoms with Gasteiger partial charge >= 0.3 is 0 Å². The van der Waals surface area contributed by atoms with E-state index in [0.717, 1.165) is 33.5 Å². The zero-order chi connectivity index (χ0) is 14.1. The van der Waals surface area contributed by atoms with Gasteiger partial charge in [-0.25, -0.2) is 9.97 Å². The normalized spacial score (nSPS) is 10.8.